The first kappa shape index (κ1) is 13.9. The van der Waals surface area contributed by atoms with Gasteiger partial charge in [0, 0.05) is 12.5 Å². The van der Waals surface area contributed by atoms with Crippen molar-refractivity contribution in [3.63, 3.8) is 0 Å². The van der Waals surface area contributed by atoms with E-state index >= 15 is 0 Å². The molecule has 0 aromatic carbocycles. The molecule has 0 radical (unpaired) electrons. The zero-order valence-electron chi connectivity index (χ0n) is 9.95. The van der Waals surface area contributed by atoms with Crippen LogP contribution in [-0.4, -0.2) is 18.9 Å². The predicted molar refractivity (Wildman–Crippen MR) is 59.4 cm³/mol. The molecule has 15 heavy (non-hydrogen) atoms. The highest BCUT2D eigenvalue weighted by molar-refractivity contribution is 5.81. The van der Waals surface area contributed by atoms with E-state index in [1.54, 1.807) is 6.92 Å². The largest absolute Gasteiger partial charge is 0.466 e. The molecule has 0 saturated carbocycles. The average molecular weight is 212 g/mol. The van der Waals surface area contributed by atoms with E-state index in [-0.39, 0.29) is 17.7 Å². The third-order valence-corrected chi connectivity index (χ3v) is 2.37. The van der Waals surface area contributed by atoms with E-state index in [1.165, 1.54) is 13.2 Å². The van der Waals surface area contributed by atoms with Crippen molar-refractivity contribution in [2.24, 2.45) is 11.8 Å². The van der Waals surface area contributed by atoms with Gasteiger partial charge in [-0.2, -0.15) is 0 Å². The van der Waals surface area contributed by atoms with Crippen molar-refractivity contribution in [1.29, 1.82) is 0 Å². The Balaban J connectivity index is 4.21. The van der Waals surface area contributed by atoms with E-state index < -0.39 is 0 Å². The summed E-state index contributed by atoms with van der Waals surface area (Å²) in [5, 5.41) is 0. The molecular formula is C12H20O3. The van der Waals surface area contributed by atoms with Crippen LogP contribution >= 0.6 is 0 Å². The number of esters is 1. The number of Topliss-reactive ketones (excluding diaryl/α,β-unsaturated/α-hetero) is 1. The van der Waals surface area contributed by atoms with Gasteiger partial charge in [-0.1, -0.05) is 19.9 Å². The molecule has 0 bridgehead atoms. The SMILES string of the molecule is COC(=O)/C=C/[C@H](CCC(C)=O)C(C)C. The van der Waals surface area contributed by atoms with Gasteiger partial charge in [0.15, 0.2) is 0 Å². The molecule has 1 atom stereocenters. The molecule has 0 saturated heterocycles. The maximum Gasteiger partial charge on any atom is 0.330 e. The van der Waals surface area contributed by atoms with Crippen molar-refractivity contribution < 1.29 is 14.3 Å². The van der Waals surface area contributed by atoms with Crippen molar-refractivity contribution in [1.82, 2.24) is 0 Å². The zero-order chi connectivity index (χ0) is 11.8. The average Bonchev–Trinajstić information content (AvgIpc) is 2.16. The third-order valence-electron chi connectivity index (χ3n) is 2.37. The second kappa shape index (κ2) is 7.21. The van der Waals surface area contributed by atoms with E-state index in [1.807, 2.05) is 6.08 Å². The van der Waals surface area contributed by atoms with Crippen molar-refractivity contribution in [3.05, 3.63) is 12.2 Å². The molecular weight excluding hydrogens is 192 g/mol. The summed E-state index contributed by atoms with van der Waals surface area (Å²) in [6, 6.07) is 0. The van der Waals surface area contributed by atoms with Gasteiger partial charge in [-0.25, -0.2) is 4.79 Å². The summed E-state index contributed by atoms with van der Waals surface area (Å²) in [4.78, 5) is 21.8. The number of allylic oxidation sites excluding steroid dienone is 1. The van der Waals surface area contributed by atoms with Gasteiger partial charge in [-0.3, -0.25) is 0 Å². The van der Waals surface area contributed by atoms with Crippen LogP contribution in [0.3, 0.4) is 0 Å². The topological polar surface area (TPSA) is 43.4 Å². The van der Waals surface area contributed by atoms with Crippen molar-refractivity contribution in [2.45, 2.75) is 33.6 Å². The van der Waals surface area contributed by atoms with E-state index in [9.17, 15) is 9.59 Å². The number of methoxy groups -OCH3 is 1. The van der Waals surface area contributed by atoms with Crippen LogP contribution in [0.2, 0.25) is 0 Å². The Morgan fingerprint density at radius 1 is 1.33 bits per heavy atom. The summed E-state index contributed by atoms with van der Waals surface area (Å²) >= 11 is 0. The van der Waals surface area contributed by atoms with Crippen LogP contribution in [0.25, 0.3) is 0 Å². The molecule has 86 valence electrons. The second-order valence-corrected chi connectivity index (χ2v) is 4.03. The van der Waals surface area contributed by atoms with E-state index in [0.29, 0.717) is 12.3 Å². The van der Waals surface area contributed by atoms with Crippen LogP contribution in [0.5, 0.6) is 0 Å². The summed E-state index contributed by atoms with van der Waals surface area (Å²) < 4.78 is 4.51. The monoisotopic (exact) mass is 212 g/mol. The molecule has 0 unspecified atom stereocenters. The number of rotatable bonds is 6. The lowest BCUT2D eigenvalue weighted by Gasteiger charge is -2.15. The molecule has 0 fully saturated rings. The Morgan fingerprint density at radius 3 is 2.33 bits per heavy atom. The standard InChI is InChI=1S/C12H20O3/c1-9(2)11(6-5-10(3)13)7-8-12(14)15-4/h7-9,11H,5-6H2,1-4H3/b8-7+/t11-/m0/s1. The highest BCUT2D eigenvalue weighted by Gasteiger charge is 2.11. The van der Waals surface area contributed by atoms with E-state index in [2.05, 4.69) is 18.6 Å². The highest BCUT2D eigenvalue weighted by Crippen LogP contribution is 2.18. The molecule has 0 N–H and O–H groups in total. The first-order valence-corrected chi connectivity index (χ1v) is 5.23. The highest BCUT2D eigenvalue weighted by atomic mass is 16.5. The van der Waals surface area contributed by atoms with Gasteiger partial charge in [-0.15, -0.1) is 0 Å². The minimum Gasteiger partial charge on any atom is -0.466 e. The number of ketones is 1. The van der Waals surface area contributed by atoms with Crippen LogP contribution < -0.4 is 0 Å². The Bertz CT molecular complexity index is 241. The second-order valence-electron chi connectivity index (χ2n) is 4.03. The minimum absolute atomic E-state index is 0.187. The molecule has 0 heterocycles. The van der Waals surface area contributed by atoms with Gasteiger partial charge < -0.3 is 9.53 Å². The molecule has 3 heteroatoms. The van der Waals surface area contributed by atoms with E-state index in [0.717, 1.165) is 6.42 Å². The summed E-state index contributed by atoms with van der Waals surface area (Å²) in [5.74, 6) is 0.522. The first-order chi connectivity index (χ1) is 6.97. The minimum atomic E-state index is -0.344. The summed E-state index contributed by atoms with van der Waals surface area (Å²) in [6.45, 7) is 5.74. The van der Waals surface area contributed by atoms with Gasteiger partial charge in [0.25, 0.3) is 0 Å². The molecule has 0 amide bonds. The lowest BCUT2D eigenvalue weighted by molar-refractivity contribution is -0.134. The lowest BCUT2D eigenvalue weighted by atomic mass is 9.90. The van der Waals surface area contributed by atoms with Crippen LogP contribution in [0, 0.1) is 11.8 Å². The predicted octanol–water partition coefficient (Wildman–Crippen LogP) is 2.36. The molecule has 0 aliphatic rings. The molecule has 0 spiro atoms. The Hall–Kier alpha value is -1.12. The van der Waals surface area contributed by atoms with Gasteiger partial charge in [0.2, 0.25) is 0 Å². The normalized spacial score (nSPS) is 13.1. The maximum atomic E-state index is 10.9. The molecule has 0 aromatic rings. The number of carbonyl (C=O) groups is 2. The number of carbonyl (C=O) groups excluding carboxylic acids is 2. The molecule has 3 nitrogen and oxygen atoms in total. The van der Waals surface area contributed by atoms with Crippen molar-refractivity contribution >= 4 is 11.8 Å². The van der Waals surface area contributed by atoms with Crippen molar-refractivity contribution in [3.8, 4) is 0 Å². The summed E-state index contributed by atoms with van der Waals surface area (Å²) in [6.07, 6.45) is 4.62. The van der Waals surface area contributed by atoms with Gasteiger partial charge in [-0.05, 0) is 25.2 Å². The number of ether oxygens (including phenoxy) is 1. The van der Waals surface area contributed by atoms with Gasteiger partial charge in [0.1, 0.15) is 5.78 Å². The lowest BCUT2D eigenvalue weighted by Crippen LogP contribution is -2.08. The van der Waals surface area contributed by atoms with Crippen LogP contribution in [0.15, 0.2) is 12.2 Å². The first-order valence-electron chi connectivity index (χ1n) is 5.23. The van der Waals surface area contributed by atoms with Crippen LogP contribution in [0.4, 0.5) is 0 Å². The molecule has 0 aliphatic carbocycles. The number of hydrogen-bond donors (Lipinski definition) is 0. The smallest absolute Gasteiger partial charge is 0.330 e. The van der Waals surface area contributed by atoms with Crippen LogP contribution in [-0.2, 0) is 14.3 Å². The fourth-order valence-electron chi connectivity index (χ4n) is 1.29. The fourth-order valence-corrected chi connectivity index (χ4v) is 1.29. The van der Waals surface area contributed by atoms with Gasteiger partial charge >= 0.3 is 5.97 Å². The summed E-state index contributed by atoms with van der Waals surface area (Å²) in [5.41, 5.74) is 0. The number of hydrogen-bond acceptors (Lipinski definition) is 3. The van der Waals surface area contributed by atoms with Crippen LogP contribution in [0.1, 0.15) is 33.6 Å². The Labute approximate surface area is 91.5 Å². The Kier molecular flexibility index (Phi) is 6.67. The molecule has 0 rings (SSSR count). The van der Waals surface area contributed by atoms with E-state index in [4.69, 9.17) is 0 Å². The zero-order valence-corrected chi connectivity index (χ0v) is 9.95. The van der Waals surface area contributed by atoms with Crippen molar-refractivity contribution in [2.75, 3.05) is 7.11 Å². The maximum absolute atomic E-state index is 10.9. The molecule has 0 aliphatic heterocycles. The quantitative estimate of drug-likeness (QED) is 0.501. The van der Waals surface area contributed by atoms with Gasteiger partial charge in [0.05, 0.1) is 7.11 Å². The fraction of sp³-hybridized carbons (Fsp3) is 0.667. The summed E-state index contributed by atoms with van der Waals surface area (Å²) in [7, 11) is 1.35. The Morgan fingerprint density at radius 2 is 1.93 bits per heavy atom. The molecule has 0 aromatic heterocycles. The third kappa shape index (κ3) is 6.89.